The molecule has 1 heterocycles. The molecule has 0 spiro atoms. The highest BCUT2D eigenvalue weighted by Gasteiger charge is 2.18. The van der Waals surface area contributed by atoms with Gasteiger partial charge in [-0.15, -0.1) is 16.7 Å². The molecule has 1 atom stereocenters. The van der Waals surface area contributed by atoms with Gasteiger partial charge in [0.15, 0.2) is 0 Å². The third-order valence-electron chi connectivity index (χ3n) is 2.47. The molecule has 0 amide bonds. The molecule has 2 rings (SSSR count). The minimum Gasteiger partial charge on any atom is -0.258 e. The van der Waals surface area contributed by atoms with Gasteiger partial charge in [0.25, 0.3) is 5.69 Å². The van der Waals surface area contributed by atoms with Crippen LogP contribution in [0.4, 0.5) is 5.69 Å². The number of hydrogen-bond acceptors (Lipinski definition) is 5. The third kappa shape index (κ3) is 2.53. The number of aromatic nitrogens is 3. The number of nitro benzene ring substituents is 1. The predicted molar refractivity (Wildman–Crippen MR) is 67.0 cm³/mol. The number of benzene rings is 1. The number of alkyl halides is 1. The minimum absolute atomic E-state index is 0.210. The lowest BCUT2D eigenvalue weighted by Crippen LogP contribution is -2.01. The maximum atomic E-state index is 11.0. The summed E-state index contributed by atoms with van der Waals surface area (Å²) < 4.78 is 1.27. The summed E-state index contributed by atoms with van der Waals surface area (Å²) in [6.07, 6.45) is 1.52. The van der Waals surface area contributed by atoms with Crippen LogP contribution in [0, 0.1) is 21.4 Å². The van der Waals surface area contributed by atoms with Crippen molar-refractivity contribution < 1.29 is 4.92 Å². The first-order valence-electron chi connectivity index (χ1n) is 5.28. The summed E-state index contributed by atoms with van der Waals surface area (Å²) in [5.41, 5.74) is 0.750. The highest BCUT2D eigenvalue weighted by Crippen LogP contribution is 2.25. The first-order chi connectivity index (χ1) is 9.02. The van der Waals surface area contributed by atoms with Crippen molar-refractivity contribution in [2.75, 3.05) is 0 Å². The Bertz CT molecular complexity index is 674. The Balaban J connectivity index is 2.55. The fraction of sp³-hybridized carbons (Fsp3) is 0.182. The molecule has 0 radical (unpaired) electrons. The van der Waals surface area contributed by atoms with Crippen molar-refractivity contribution in [3.8, 4) is 11.8 Å². The SMILES string of the molecule is CC(Cl)c1cn(-c2ccc(C#N)cc2[N+](=O)[O-])nn1. The molecular formula is C11H8ClN5O2. The molecule has 1 aromatic heterocycles. The normalized spacial score (nSPS) is 11.8. The van der Waals surface area contributed by atoms with Crippen LogP contribution in [0.1, 0.15) is 23.6 Å². The lowest BCUT2D eigenvalue weighted by atomic mass is 10.2. The molecule has 0 fully saturated rings. The molecule has 0 aliphatic rings. The lowest BCUT2D eigenvalue weighted by Gasteiger charge is -2.02. The fourth-order valence-electron chi connectivity index (χ4n) is 1.51. The second-order valence-electron chi connectivity index (χ2n) is 3.78. The van der Waals surface area contributed by atoms with Crippen LogP contribution < -0.4 is 0 Å². The van der Waals surface area contributed by atoms with Crippen molar-refractivity contribution in [3.05, 3.63) is 45.8 Å². The maximum absolute atomic E-state index is 11.0. The lowest BCUT2D eigenvalue weighted by molar-refractivity contribution is -0.384. The Morgan fingerprint density at radius 2 is 2.32 bits per heavy atom. The summed E-state index contributed by atoms with van der Waals surface area (Å²) in [7, 11) is 0. The Labute approximate surface area is 113 Å². The topological polar surface area (TPSA) is 97.6 Å². The summed E-state index contributed by atoms with van der Waals surface area (Å²) >= 11 is 5.86. The van der Waals surface area contributed by atoms with E-state index in [9.17, 15) is 10.1 Å². The third-order valence-corrected chi connectivity index (χ3v) is 2.69. The molecule has 8 heteroatoms. The van der Waals surface area contributed by atoms with Gasteiger partial charge in [-0.05, 0) is 19.1 Å². The molecule has 0 saturated heterocycles. The van der Waals surface area contributed by atoms with E-state index in [0.717, 1.165) is 0 Å². The van der Waals surface area contributed by atoms with E-state index in [1.54, 1.807) is 6.92 Å². The van der Waals surface area contributed by atoms with Crippen molar-refractivity contribution in [3.63, 3.8) is 0 Å². The molecule has 0 N–H and O–H groups in total. The molecule has 96 valence electrons. The van der Waals surface area contributed by atoms with Crippen molar-refractivity contribution in [1.29, 1.82) is 5.26 Å². The molecule has 0 aliphatic carbocycles. The van der Waals surface area contributed by atoms with Crippen LogP contribution in [0.5, 0.6) is 0 Å². The largest absolute Gasteiger partial charge is 0.296 e. The van der Waals surface area contributed by atoms with E-state index in [0.29, 0.717) is 5.69 Å². The Morgan fingerprint density at radius 3 is 2.84 bits per heavy atom. The van der Waals surface area contributed by atoms with Gasteiger partial charge in [0.2, 0.25) is 0 Å². The average molecular weight is 278 g/mol. The highest BCUT2D eigenvalue weighted by molar-refractivity contribution is 6.20. The van der Waals surface area contributed by atoms with Gasteiger partial charge in [0.05, 0.1) is 28.1 Å². The summed E-state index contributed by atoms with van der Waals surface area (Å²) in [4.78, 5) is 10.4. The Morgan fingerprint density at radius 1 is 1.58 bits per heavy atom. The molecule has 0 saturated carbocycles. The molecular weight excluding hydrogens is 270 g/mol. The van der Waals surface area contributed by atoms with Crippen LogP contribution in [0.25, 0.3) is 5.69 Å². The maximum Gasteiger partial charge on any atom is 0.296 e. The average Bonchev–Trinajstić information content (AvgIpc) is 2.87. The minimum atomic E-state index is -0.568. The number of nitrogens with zero attached hydrogens (tertiary/aromatic N) is 5. The number of halogens is 1. The van der Waals surface area contributed by atoms with Crippen LogP contribution >= 0.6 is 11.6 Å². The van der Waals surface area contributed by atoms with Gasteiger partial charge >= 0.3 is 0 Å². The van der Waals surface area contributed by atoms with E-state index in [1.165, 1.54) is 29.1 Å². The van der Waals surface area contributed by atoms with Crippen molar-refractivity contribution in [1.82, 2.24) is 15.0 Å². The molecule has 7 nitrogen and oxygen atoms in total. The van der Waals surface area contributed by atoms with E-state index in [1.807, 2.05) is 6.07 Å². The molecule has 0 aliphatic heterocycles. The zero-order chi connectivity index (χ0) is 14.0. The van der Waals surface area contributed by atoms with Gasteiger partial charge in [-0.2, -0.15) is 5.26 Å². The van der Waals surface area contributed by atoms with E-state index >= 15 is 0 Å². The summed E-state index contributed by atoms with van der Waals surface area (Å²) in [6, 6.07) is 5.98. The summed E-state index contributed by atoms with van der Waals surface area (Å²) in [6.45, 7) is 1.73. The number of hydrogen-bond donors (Lipinski definition) is 0. The van der Waals surface area contributed by atoms with Crippen LogP contribution in [0.15, 0.2) is 24.4 Å². The molecule has 1 aromatic carbocycles. The van der Waals surface area contributed by atoms with Crippen molar-refractivity contribution >= 4 is 17.3 Å². The smallest absolute Gasteiger partial charge is 0.258 e. The zero-order valence-corrected chi connectivity index (χ0v) is 10.6. The van der Waals surface area contributed by atoms with E-state index in [4.69, 9.17) is 16.9 Å². The molecule has 1 unspecified atom stereocenters. The second-order valence-corrected chi connectivity index (χ2v) is 4.43. The Hall–Kier alpha value is -2.46. The molecule has 2 aromatic rings. The van der Waals surface area contributed by atoms with Gasteiger partial charge in [0, 0.05) is 6.07 Å². The van der Waals surface area contributed by atoms with Crippen LogP contribution in [-0.4, -0.2) is 19.9 Å². The van der Waals surface area contributed by atoms with Gasteiger partial charge in [-0.25, -0.2) is 4.68 Å². The van der Waals surface area contributed by atoms with Gasteiger partial charge in [-0.1, -0.05) is 5.21 Å². The number of rotatable bonds is 3. The standard InChI is InChI=1S/C11H8ClN5O2/c1-7(12)9-6-16(15-14-9)10-3-2-8(5-13)4-11(10)17(18)19/h2-4,6-7H,1H3. The quantitative estimate of drug-likeness (QED) is 0.487. The summed E-state index contributed by atoms with van der Waals surface area (Å²) in [5, 5.41) is 27.1. The van der Waals surface area contributed by atoms with Crippen LogP contribution in [0.3, 0.4) is 0 Å². The van der Waals surface area contributed by atoms with Gasteiger partial charge in [-0.3, -0.25) is 10.1 Å². The highest BCUT2D eigenvalue weighted by atomic mass is 35.5. The Kier molecular flexibility index (Phi) is 3.44. The molecule has 19 heavy (non-hydrogen) atoms. The predicted octanol–water partition coefficient (Wildman–Crippen LogP) is 2.35. The second kappa shape index (κ2) is 5.04. The first kappa shape index (κ1) is 13.0. The van der Waals surface area contributed by atoms with E-state index in [2.05, 4.69) is 10.3 Å². The summed E-state index contributed by atoms with van der Waals surface area (Å²) in [5.74, 6) is 0. The van der Waals surface area contributed by atoms with Gasteiger partial charge < -0.3 is 0 Å². The van der Waals surface area contributed by atoms with Gasteiger partial charge in [0.1, 0.15) is 11.4 Å². The molecule has 0 bridgehead atoms. The number of nitriles is 1. The van der Waals surface area contributed by atoms with E-state index < -0.39 is 4.92 Å². The first-order valence-corrected chi connectivity index (χ1v) is 5.72. The van der Waals surface area contributed by atoms with Crippen molar-refractivity contribution in [2.45, 2.75) is 12.3 Å². The number of nitro groups is 1. The monoisotopic (exact) mass is 277 g/mol. The fourth-order valence-corrected chi connectivity index (χ4v) is 1.61. The van der Waals surface area contributed by atoms with Crippen LogP contribution in [-0.2, 0) is 0 Å². The van der Waals surface area contributed by atoms with Crippen molar-refractivity contribution in [2.24, 2.45) is 0 Å². The van der Waals surface area contributed by atoms with Crippen LogP contribution in [0.2, 0.25) is 0 Å². The zero-order valence-electron chi connectivity index (χ0n) is 9.82. The van der Waals surface area contributed by atoms with E-state index in [-0.39, 0.29) is 22.3 Å².